The Morgan fingerprint density at radius 3 is 2.17 bits per heavy atom. The van der Waals surface area contributed by atoms with E-state index in [1.807, 2.05) is 0 Å². The molecule has 23 heavy (non-hydrogen) atoms. The number of amides is 2. The highest BCUT2D eigenvalue weighted by Gasteiger charge is 2.46. The standard InChI is InChI=1S/C16H12ClNO4S/c17-12-6-8-13(9-7-12)18-14(19)10-23(21,22)15(16(18)20)11-4-2-1-3-5-11/h1-9,15H,10H2/t15-/m1/s1. The maximum atomic E-state index is 12.7. The van der Waals surface area contributed by atoms with Crippen LogP contribution >= 0.6 is 11.6 Å². The molecular weight excluding hydrogens is 338 g/mol. The first-order valence-electron chi connectivity index (χ1n) is 6.79. The van der Waals surface area contributed by atoms with Gasteiger partial charge < -0.3 is 0 Å². The average Bonchev–Trinajstić information content (AvgIpc) is 2.49. The normalized spacial score (nSPS) is 20.6. The van der Waals surface area contributed by atoms with E-state index in [1.54, 1.807) is 30.3 Å². The quantitative estimate of drug-likeness (QED) is 0.780. The number of anilines is 1. The first-order valence-corrected chi connectivity index (χ1v) is 8.88. The van der Waals surface area contributed by atoms with Gasteiger partial charge in [0.2, 0.25) is 5.91 Å². The summed E-state index contributed by atoms with van der Waals surface area (Å²) in [6, 6.07) is 14.3. The van der Waals surface area contributed by atoms with E-state index in [4.69, 9.17) is 11.6 Å². The summed E-state index contributed by atoms with van der Waals surface area (Å²) in [5.74, 6) is -2.24. The molecule has 1 aliphatic rings. The Balaban J connectivity index is 2.08. The van der Waals surface area contributed by atoms with Crippen molar-refractivity contribution in [2.45, 2.75) is 5.25 Å². The van der Waals surface area contributed by atoms with Crippen molar-refractivity contribution >= 4 is 38.9 Å². The van der Waals surface area contributed by atoms with Crippen LogP contribution in [0.2, 0.25) is 5.02 Å². The van der Waals surface area contributed by atoms with E-state index in [9.17, 15) is 18.0 Å². The number of sulfone groups is 1. The first kappa shape index (κ1) is 15.7. The van der Waals surface area contributed by atoms with Crippen molar-refractivity contribution in [3.05, 3.63) is 65.2 Å². The zero-order valence-corrected chi connectivity index (χ0v) is 13.4. The third kappa shape index (κ3) is 2.87. The van der Waals surface area contributed by atoms with Crippen LogP contribution in [-0.4, -0.2) is 26.0 Å². The number of hydrogen-bond acceptors (Lipinski definition) is 4. The highest BCUT2D eigenvalue weighted by atomic mass is 35.5. The molecule has 0 spiro atoms. The van der Waals surface area contributed by atoms with Gasteiger partial charge in [-0.15, -0.1) is 0 Å². The van der Waals surface area contributed by atoms with Crippen molar-refractivity contribution in [3.8, 4) is 0 Å². The summed E-state index contributed by atoms with van der Waals surface area (Å²) in [7, 11) is -3.89. The number of nitrogens with zero attached hydrogens (tertiary/aromatic N) is 1. The van der Waals surface area contributed by atoms with Crippen LogP contribution in [0, 0.1) is 0 Å². The van der Waals surface area contributed by atoms with Crippen LogP contribution in [0.1, 0.15) is 10.8 Å². The molecule has 0 radical (unpaired) electrons. The topological polar surface area (TPSA) is 71.5 Å². The van der Waals surface area contributed by atoms with Crippen LogP contribution in [0.4, 0.5) is 5.69 Å². The van der Waals surface area contributed by atoms with Gasteiger partial charge in [0.25, 0.3) is 5.91 Å². The van der Waals surface area contributed by atoms with Crippen LogP contribution < -0.4 is 4.90 Å². The summed E-state index contributed by atoms with van der Waals surface area (Å²) in [5.41, 5.74) is 0.657. The molecule has 0 aliphatic carbocycles. The molecule has 2 amide bonds. The molecule has 5 nitrogen and oxygen atoms in total. The molecule has 1 fully saturated rings. The number of imide groups is 1. The summed E-state index contributed by atoms with van der Waals surface area (Å²) < 4.78 is 24.7. The number of carbonyl (C=O) groups excluding carboxylic acids is 2. The van der Waals surface area contributed by atoms with E-state index < -0.39 is 32.7 Å². The number of rotatable bonds is 2. The van der Waals surface area contributed by atoms with Crippen LogP contribution in [0.15, 0.2) is 54.6 Å². The van der Waals surface area contributed by atoms with Crippen LogP contribution in [0.3, 0.4) is 0 Å². The fourth-order valence-electron chi connectivity index (χ4n) is 2.55. The summed E-state index contributed by atoms with van der Waals surface area (Å²) in [5, 5.41) is -0.921. The Morgan fingerprint density at radius 2 is 1.57 bits per heavy atom. The number of benzene rings is 2. The van der Waals surface area contributed by atoms with Crippen molar-refractivity contribution in [2.24, 2.45) is 0 Å². The molecule has 1 heterocycles. The maximum absolute atomic E-state index is 12.7. The summed E-state index contributed by atoms with van der Waals surface area (Å²) in [6.07, 6.45) is 0. The Morgan fingerprint density at radius 1 is 0.957 bits per heavy atom. The molecule has 3 rings (SSSR count). The van der Waals surface area contributed by atoms with Crippen molar-refractivity contribution in [1.29, 1.82) is 0 Å². The number of halogens is 1. The molecule has 1 saturated heterocycles. The van der Waals surface area contributed by atoms with Crippen LogP contribution in [0.5, 0.6) is 0 Å². The van der Waals surface area contributed by atoms with Crippen molar-refractivity contribution < 1.29 is 18.0 Å². The molecule has 0 unspecified atom stereocenters. The van der Waals surface area contributed by atoms with Gasteiger partial charge >= 0.3 is 0 Å². The Bertz CT molecular complexity index is 863. The number of hydrogen-bond donors (Lipinski definition) is 0. The van der Waals surface area contributed by atoms with E-state index in [2.05, 4.69) is 0 Å². The molecular formula is C16H12ClNO4S. The molecule has 118 valence electrons. The van der Waals surface area contributed by atoms with Crippen molar-refractivity contribution in [3.63, 3.8) is 0 Å². The van der Waals surface area contributed by atoms with Crippen LogP contribution in [0.25, 0.3) is 0 Å². The molecule has 0 saturated carbocycles. The molecule has 7 heteroatoms. The van der Waals surface area contributed by atoms with E-state index in [0.717, 1.165) is 4.90 Å². The van der Waals surface area contributed by atoms with Gasteiger partial charge in [0.05, 0.1) is 5.69 Å². The molecule has 2 aromatic carbocycles. The molecule has 0 bridgehead atoms. The van der Waals surface area contributed by atoms with Crippen molar-refractivity contribution in [2.75, 3.05) is 10.7 Å². The van der Waals surface area contributed by atoms with E-state index in [0.29, 0.717) is 16.3 Å². The predicted octanol–water partition coefficient (Wildman–Crippen LogP) is 2.37. The minimum Gasteiger partial charge on any atom is -0.273 e. The number of carbonyl (C=O) groups is 2. The second-order valence-electron chi connectivity index (χ2n) is 5.14. The lowest BCUT2D eigenvalue weighted by Gasteiger charge is -2.30. The van der Waals surface area contributed by atoms with Gasteiger partial charge in [0.15, 0.2) is 15.1 Å². The van der Waals surface area contributed by atoms with Gasteiger partial charge in [-0.05, 0) is 29.8 Å². The fourth-order valence-corrected chi connectivity index (χ4v) is 4.30. The zero-order valence-electron chi connectivity index (χ0n) is 11.8. The lowest BCUT2D eigenvalue weighted by molar-refractivity contribution is -0.125. The van der Waals surface area contributed by atoms with Gasteiger partial charge in [0, 0.05) is 5.02 Å². The lowest BCUT2D eigenvalue weighted by Crippen LogP contribution is -2.51. The second kappa shape index (κ2) is 5.79. The van der Waals surface area contributed by atoms with E-state index in [-0.39, 0.29) is 0 Å². The fraction of sp³-hybridized carbons (Fsp3) is 0.125. The van der Waals surface area contributed by atoms with Gasteiger partial charge in [-0.25, -0.2) is 13.3 Å². The van der Waals surface area contributed by atoms with E-state index >= 15 is 0 Å². The van der Waals surface area contributed by atoms with Crippen molar-refractivity contribution in [1.82, 2.24) is 0 Å². The molecule has 0 aromatic heterocycles. The van der Waals surface area contributed by atoms with E-state index in [1.165, 1.54) is 24.3 Å². The third-order valence-corrected chi connectivity index (χ3v) is 5.66. The van der Waals surface area contributed by atoms with Gasteiger partial charge in [0.1, 0.15) is 5.75 Å². The predicted molar refractivity (Wildman–Crippen MR) is 86.9 cm³/mol. The zero-order chi connectivity index (χ0) is 16.6. The lowest BCUT2D eigenvalue weighted by atomic mass is 10.1. The van der Waals surface area contributed by atoms with Gasteiger partial charge in [-0.2, -0.15) is 0 Å². The maximum Gasteiger partial charge on any atom is 0.256 e. The Hall–Kier alpha value is -2.18. The smallest absolute Gasteiger partial charge is 0.256 e. The highest BCUT2D eigenvalue weighted by Crippen LogP contribution is 2.32. The summed E-state index contributed by atoms with van der Waals surface area (Å²) in [4.78, 5) is 25.8. The largest absolute Gasteiger partial charge is 0.273 e. The Labute approximate surface area is 138 Å². The Kier molecular flexibility index (Phi) is 3.95. The minimum atomic E-state index is -3.89. The van der Waals surface area contributed by atoms with Gasteiger partial charge in [-0.1, -0.05) is 41.9 Å². The minimum absolute atomic E-state index is 0.306. The SMILES string of the molecule is O=C1CS(=O)(=O)[C@H](c2ccccc2)C(=O)N1c1ccc(Cl)cc1. The highest BCUT2D eigenvalue weighted by molar-refractivity contribution is 7.93. The summed E-state index contributed by atoms with van der Waals surface area (Å²) >= 11 is 5.81. The molecule has 0 N–H and O–H groups in total. The first-order chi connectivity index (χ1) is 10.9. The second-order valence-corrected chi connectivity index (χ2v) is 7.66. The average molecular weight is 350 g/mol. The van der Waals surface area contributed by atoms with Crippen LogP contribution in [-0.2, 0) is 19.4 Å². The summed E-state index contributed by atoms with van der Waals surface area (Å²) in [6.45, 7) is 0. The third-order valence-electron chi connectivity index (χ3n) is 3.57. The molecule has 1 atom stereocenters. The van der Waals surface area contributed by atoms with Gasteiger partial charge in [-0.3, -0.25) is 9.59 Å². The monoisotopic (exact) mass is 349 g/mol. The molecule has 2 aromatic rings. The molecule has 1 aliphatic heterocycles.